The highest BCUT2D eigenvalue weighted by molar-refractivity contribution is 9.11. The van der Waals surface area contributed by atoms with Gasteiger partial charge in [0.25, 0.3) is 0 Å². The Labute approximate surface area is 114 Å². The Morgan fingerprint density at radius 1 is 1.56 bits per heavy atom. The Kier molecular flexibility index (Phi) is 5.66. The zero-order valence-electron chi connectivity index (χ0n) is 9.56. The van der Waals surface area contributed by atoms with Gasteiger partial charge >= 0.3 is 0 Å². The zero-order chi connectivity index (χ0) is 12.1. The van der Waals surface area contributed by atoms with Gasteiger partial charge in [-0.25, -0.2) is 0 Å². The van der Waals surface area contributed by atoms with E-state index in [9.17, 15) is 0 Å². The van der Waals surface area contributed by atoms with E-state index in [0.717, 1.165) is 27.5 Å². The normalized spacial score (nSPS) is 12.5. The number of nitrogens with one attached hydrogen (secondary N) is 1. The van der Waals surface area contributed by atoms with Gasteiger partial charge in [0.1, 0.15) is 0 Å². The molecule has 0 saturated carbocycles. The topological polar surface area (TPSA) is 24.9 Å². The zero-order valence-corrected chi connectivity index (χ0v) is 12.7. The molecule has 0 amide bonds. The van der Waals surface area contributed by atoms with E-state index < -0.39 is 0 Å². The molecule has 2 nitrogen and oxygen atoms in total. The minimum Gasteiger partial charge on any atom is -0.312 e. The minimum atomic E-state index is 0.263. The number of hydrogen-bond donors (Lipinski definition) is 1. The standard InChI is InChI=1S/C12H16Br2N2/c1-8(2)4-5-11(15-3)12-10(14)6-9(13)7-16-12/h6-7,11,15H,1,4-5H2,2-3H3. The van der Waals surface area contributed by atoms with Gasteiger partial charge in [-0.3, -0.25) is 4.98 Å². The van der Waals surface area contributed by atoms with Crippen molar-refractivity contribution in [3.63, 3.8) is 0 Å². The second-order valence-electron chi connectivity index (χ2n) is 3.86. The summed E-state index contributed by atoms with van der Waals surface area (Å²) in [7, 11) is 1.96. The molecule has 0 fully saturated rings. The third-order valence-electron chi connectivity index (χ3n) is 2.37. The number of hydrogen-bond acceptors (Lipinski definition) is 2. The maximum absolute atomic E-state index is 4.44. The summed E-state index contributed by atoms with van der Waals surface area (Å²) < 4.78 is 2.01. The maximum atomic E-state index is 4.44. The van der Waals surface area contributed by atoms with E-state index in [-0.39, 0.29) is 6.04 Å². The average Bonchev–Trinajstić information content (AvgIpc) is 2.21. The molecular formula is C12H16Br2N2. The van der Waals surface area contributed by atoms with E-state index in [1.54, 1.807) is 0 Å². The highest BCUT2D eigenvalue weighted by atomic mass is 79.9. The maximum Gasteiger partial charge on any atom is 0.0715 e. The van der Waals surface area contributed by atoms with Crippen LogP contribution < -0.4 is 5.32 Å². The van der Waals surface area contributed by atoms with Gasteiger partial charge in [0.05, 0.1) is 11.7 Å². The van der Waals surface area contributed by atoms with Gasteiger partial charge in [-0.1, -0.05) is 5.57 Å². The average molecular weight is 348 g/mol. The molecule has 1 unspecified atom stereocenters. The summed E-state index contributed by atoms with van der Waals surface area (Å²) in [5.74, 6) is 0. The van der Waals surface area contributed by atoms with Gasteiger partial charge in [-0.2, -0.15) is 0 Å². The summed E-state index contributed by atoms with van der Waals surface area (Å²) in [6, 6.07) is 2.28. The molecule has 4 heteroatoms. The first-order valence-electron chi connectivity index (χ1n) is 5.17. The van der Waals surface area contributed by atoms with Gasteiger partial charge in [0, 0.05) is 15.1 Å². The fraction of sp³-hybridized carbons (Fsp3) is 0.417. The van der Waals surface area contributed by atoms with Crippen LogP contribution in [0.3, 0.4) is 0 Å². The van der Waals surface area contributed by atoms with Crippen molar-refractivity contribution in [2.75, 3.05) is 7.05 Å². The Morgan fingerprint density at radius 3 is 2.75 bits per heavy atom. The van der Waals surface area contributed by atoms with Crippen molar-refractivity contribution in [1.29, 1.82) is 0 Å². The molecule has 0 spiro atoms. The van der Waals surface area contributed by atoms with Crippen molar-refractivity contribution in [2.45, 2.75) is 25.8 Å². The number of rotatable bonds is 5. The van der Waals surface area contributed by atoms with Crippen molar-refractivity contribution in [3.05, 3.63) is 39.1 Å². The summed E-state index contributed by atoms with van der Waals surface area (Å²) in [4.78, 5) is 4.44. The second kappa shape index (κ2) is 6.52. The van der Waals surface area contributed by atoms with Crippen LogP contribution in [0, 0.1) is 0 Å². The Balaban J connectivity index is 2.82. The van der Waals surface area contributed by atoms with Crippen LogP contribution in [0.15, 0.2) is 33.4 Å². The van der Waals surface area contributed by atoms with Crippen molar-refractivity contribution >= 4 is 31.9 Å². The smallest absolute Gasteiger partial charge is 0.0715 e. The minimum absolute atomic E-state index is 0.263. The number of nitrogens with zero attached hydrogens (tertiary/aromatic N) is 1. The molecule has 1 atom stereocenters. The number of pyridine rings is 1. The predicted molar refractivity (Wildman–Crippen MR) is 75.5 cm³/mol. The van der Waals surface area contributed by atoms with E-state index >= 15 is 0 Å². The van der Waals surface area contributed by atoms with Crippen LogP contribution in [0.25, 0.3) is 0 Å². The lowest BCUT2D eigenvalue weighted by Crippen LogP contribution is -2.18. The van der Waals surface area contributed by atoms with Crippen LogP contribution in [-0.4, -0.2) is 12.0 Å². The molecule has 0 saturated heterocycles. The van der Waals surface area contributed by atoms with Crippen LogP contribution in [-0.2, 0) is 0 Å². The molecule has 0 aliphatic heterocycles. The molecule has 1 N–H and O–H groups in total. The molecule has 1 heterocycles. The van der Waals surface area contributed by atoms with Gasteiger partial charge < -0.3 is 5.32 Å². The molecule has 1 aromatic heterocycles. The third-order valence-corrected chi connectivity index (χ3v) is 3.44. The molecule has 0 radical (unpaired) electrons. The molecule has 16 heavy (non-hydrogen) atoms. The molecule has 1 aromatic rings. The van der Waals surface area contributed by atoms with Crippen LogP contribution in [0.2, 0.25) is 0 Å². The first-order chi connectivity index (χ1) is 7.54. The van der Waals surface area contributed by atoms with Crippen molar-refractivity contribution in [1.82, 2.24) is 10.3 Å². The molecule has 0 aromatic carbocycles. The number of allylic oxidation sites excluding steroid dienone is 1. The first kappa shape index (κ1) is 13.9. The number of aromatic nitrogens is 1. The lowest BCUT2D eigenvalue weighted by molar-refractivity contribution is 0.532. The quantitative estimate of drug-likeness (QED) is 0.806. The second-order valence-corrected chi connectivity index (χ2v) is 5.63. The van der Waals surface area contributed by atoms with Crippen molar-refractivity contribution in [2.24, 2.45) is 0 Å². The number of halogens is 2. The SMILES string of the molecule is C=C(C)CCC(NC)c1ncc(Br)cc1Br. The first-order valence-corrected chi connectivity index (χ1v) is 6.75. The predicted octanol–water partition coefficient (Wildman–Crippen LogP) is 4.22. The summed E-state index contributed by atoms with van der Waals surface area (Å²) in [5.41, 5.74) is 2.25. The Hall–Kier alpha value is -0.190. The lowest BCUT2D eigenvalue weighted by Gasteiger charge is -2.17. The summed E-state index contributed by atoms with van der Waals surface area (Å²) in [6.07, 6.45) is 3.85. The van der Waals surface area contributed by atoms with Gasteiger partial charge in [0.2, 0.25) is 0 Å². The van der Waals surface area contributed by atoms with Gasteiger partial charge in [-0.15, -0.1) is 6.58 Å². The molecule has 0 aliphatic rings. The van der Waals surface area contributed by atoms with E-state index in [1.807, 2.05) is 19.3 Å². The van der Waals surface area contributed by atoms with E-state index in [0.29, 0.717) is 0 Å². The van der Waals surface area contributed by atoms with Crippen LogP contribution in [0.1, 0.15) is 31.5 Å². The highest BCUT2D eigenvalue weighted by Crippen LogP contribution is 2.27. The van der Waals surface area contributed by atoms with Gasteiger partial charge in [0.15, 0.2) is 0 Å². The fourth-order valence-corrected chi connectivity index (χ4v) is 2.75. The monoisotopic (exact) mass is 346 g/mol. The van der Waals surface area contributed by atoms with Crippen LogP contribution in [0.4, 0.5) is 0 Å². The Morgan fingerprint density at radius 2 is 2.25 bits per heavy atom. The molecular weight excluding hydrogens is 332 g/mol. The molecule has 88 valence electrons. The molecule has 0 aliphatic carbocycles. The Bertz CT molecular complexity index is 377. The summed E-state index contributed by atoms with van der Waals surface area (Å²) >= 11 is 6.94. The van der Waals surface area contributed by atoms with E-state index in [2.05, 4.69) is 55.7 Å². The largest absolute Gasteiger partial charge is 0.312 e. The van der Waals surface area contributed by atoms with Gasteiger partial charge in [-0.05, 0) is 64.7 Å². The summed E-state index contributed by atoms with van der Waals surface area (Å²) in [6.45, 7) is 5.98. The lowest BCUT2D eigenvalue weighted by atomic mass is 10.0. The fourth-order valence-electron chi connectivity index (χ4n) is 1.49. The molecule has 1 rings (SSSR count). The third kappa shape index (κ3) is 4.00. The van der Waals surface area contributed by atoms with Crippen LogP contribution >= 0.6 is 31.9 Å². The van der Waals surface area contributed by atoms with Crippen LogP contribution in [0.5, 0.6) is 0 Å². The van der Waals surface area contributed by atoms with Crippen molar-refractivity contribution < 1.29 is 0 Å². The summed E-state index contributed by atoms with van der Waals surface area (Å²) in [5, 5.41) is 3.29. The highest BCUT2D eigenvalue weighted by Gasteiger charge is 2.14. The van der Waals surface area contributed by atoms with Crippen molar-refractivity contribution in [3.8, 4) is 0 Å². The van der Waals surface area contributed by atoms with E-state index in [1.165, 1.54) is 5.57 Å². The molecule has 0 bridgehead atoms. The van der Waals surface area contributed by atoms with E-state index in [4.69, 9.17) is 0 Å².